The second-order valence-corrected chi connectivity index (χ2v) is 16.9. The average Bonchev–Trinajstić information content (AvgIpc) is 3.29. The summed E-state index contributed by atoms with van der Waals surface area (Å²) in [5.41, 5.74) is 11.9. The van der Waals surface area contributed by atoms with Crippen LogP contribution in [0.25, 0.3) is 0 Å². The molecule has 0 spiro atoms. The van der Waals surface area contributed by atoms with E-state index >= 15 is 0 Å². The minimum atomic E-state index is 0.415. The van der Waals surface area contributed by atoms with Gasteiger partial charge in [-0.1, -0.05) is 72.8 Å². The maximum absolute atomic E-state index is 6.87. The molecule has 1 aliphatic rings. The highest BCUT2D eigenvalue weighted by Gasteiger charge is 2.23. The van der Waals surface area contributed by atoms with Crippen LogP contribution in [0.3, 0.4) is 0 Å². The number of aromatic nitrogens is 1. The normalized spacial score (nSPS) is 12.4. The van der Waals surface area contributed by atoms with Gasteiger partial charge in [-0.3, -0.25) is 9.88 Å². The Morgan fingerprint density at radius 1 is 0.394 bits per heavy atom. The Bertz CT molecular complexity index is 2140. The molecule has 5 aromatic rings. The highest BCUT2D eigenvalue weighted by Crippen LogP contribution is 2.39. The number of para-hydroxylation sites is 3. The molecular weight excluding hydrogens is 831 g/mol. The molecule has 1 aliphatic carbocycles. The van der Waals surface area contributed by atoms with Crippen LogP contribution in [-0.2, 0) is 64.3 Å². The molecule has 11 heteroatoms. The van der Waals surface area contributed by atoms with Crippen molar-refractivity contribution in [3.05, 3.63) is 146 Å². The Morgan fingerprint density at radius 3 is 1.06 bits per heavy atom. The second kappa shape index (κ2) is 27.0. The molecule has 0 unspecified atom stereocenters. The lowest BCUT2D eigenvalue weighted by Gasteiger charge is -2.24. The lowest BCUT2D eigenvalue weighted by molar-refractivity contribution is 0.108. The maximum Gasteiger partial charge on any atom is 0.126 e. The van der Waals surface area contributed by atoms with Gasteiger partial charge in [-0.25, -0.2) is 0 Å². The molecule has 0 saturated heterocycles. The number of ether oxygens (including phenoxy) is 8. The predicted molar refractivity (Wildman–Crippen MR) is 262 cm³/mol. The zero-order valence-electron chi connectivity index (χ0n) is 40.6. The lowest BCUT2D eigenvalue weighted by atomic mass is 9.90. The van der Waals surface area contributed by atoms with E-state index in [1.165, 1.54) is 5.56 Å². The lowest BCUT2D eigenvalue weighted by Crippen LogP contribution is -2.20. The quantitative estimate of drug-likeness (QED) is 0.0489. The minimum absolute atomic E-state index is 0.415. The molecule has 1 heterocycles. The van der Waals surface area contributed by atoms with Crippen molar-refractivity contribution in [2.24, 2.45) is 0 Å². The van der Waals surface area contributed by atoms with Gasteiger partial charge in [0.1, 0.15) is 49.4 Å². The van der Waals surface area contributed by atoms with Crippen LogP contribution >= 0.6 is 0 Å². The fraction of sp³-hybridized carbons (Fsp3) is 0.473. The third kappa shape index (κ3) is 15.0. The van der Waals surface area contributed by atoms with E-state index < -0.39 is 0 Å². The minimum Gasteiger partial charge on any atom is -0.491 e. The number of hydrogen-bond acceptors (Lipinski definition) is 11. The molecule has 11 nitrogen and oxygen atoms in total. The summed E-state index contributed by atoms with van der Waals surface area (Å²) < 4.78 is 50.2. The van der Waals surface area contributed by atoms with E-state index in [9.17, 15) is 0 Å². The monoisotopic (exact) mass is 904 g/mol. The van der Waals surface area contributed by atoms with Crippen molar-refractivity contribution in [2.45, 2.75) is 73.0 Å². The van der Waals surface area contributed by atoms with Crippen molar-refractivity contribution in [1.29, 1.82) is 0 Å². The summed E-state index contributed by atoms with van der Waals surface area (Å²) in [7, 11) is 6.31. The summed E-state index contributed by atoms with van der Waals surface area (Å²) in [6.07, 6.45) is 2.36. The number of pyridine rings is 1. The first-order chi connectivity index (χ1) is 32.3. The molecule has 0 atom stereocenters. The van der Waals surface area contributed by atoms with Crippen molar-refractivity contribution in [3.8, 4) is 23.0 Å². The van der Waals surface area contributed by atoms with Crippen molar-refractivity contribution < 1.29 is 37.9 Å². The van der Waals surface area contributed by atoms with Crippen LogP contribution in [0.2, 0.25) is 0 Å². The van der Waals surface area contributed by atoms with Gasteiger partial charge in [0.25, 0.3) is 0 Å². The summed E-state index contributed by atoms with van der Waals surface area (Å²) in [6, 6.07) is 30.4. The fourth-order valence-corrected chi connectivity index (χ4v) is 8.55. The summed E-state index contributed by atoms with van der Waals surface area (Å²) in [5.74, 6) is 3.44. The van der Waals surface area contributed by atoms with E-state index in [4.69, 9.17) is 42.9 Å². The Balaban J connectivity index is 1.52. The molecule has 0 N–H and O–H groups in total. The van der Waals surface area contributed by atoms with Gasteiger partial charge in [0.2, 0.25) is 0 Å². The molecular formula is C55H73N3O8. The summed E-state index contributed by atoms with van der Waals surface area (Å²) in [5, 5.41) is 0. The number of rotatable bonds is 26. The first-order valence-electron chi connectivity index (χ1n) is 23.9. The standard InChI is InChI=1S/C55H73N3O8/c1-8-59-24-28-63-52-42-16-12-17-43(52)35-45-19-14-21-47(54(45)65-30-26-61-10-3)37-49-33-41(38-58(7)40-51-23-15-22-50(56-51)39-57(5)6)32-48(55(49)66-31-27-62-11-4)36-46-20-13-18-44(34-42)53(46)64-29-25-60-9-2/h12-23,32-33H,8-11,24-31,34-40H2,1-7H3. The van der Waals surface area contributed by atoms with Gasteiger partial charge < -0.3 is 42.8 Å². The zero-order valence-corrected chi connectivity index (χ0v) is 40.6. The van der Waals surface area contributed by atoms with Crippen LogP contribution in [0.4, 0.5) is 0 Å². The van der Waals surface area contributed by atoms with Crippen LogP contribution < -0.4 is 18.9 Å². The van der Waals surface area contributed by atoms with E-state index in [1.807, 2.05) is 27.7 Å². The Labute approximate surface area is 394 Å². The first kappa shape index (κ1) is 50.4. The second-order valence-electron chi connectivity index (χ2n) is 16.9. The molecule has 4 aromatic carbocycles. The molecule has 1 aromatic heterocycles. The number of hydrogen-bond donors (Lipinski definition) is 0. The van der Waals surface area contributed by atoms with Gasteiger partial charge >= 0.3 is 0 Å². The molecule has 6 rings (SSSR count). The molecule has 8 bridgehead atoms. The highest BCUT2D eigenvalue weighted by atomic mass is 16.5. The van der Waals surface area contributed by atoms with Crippen LogP contribution in [0.5, 0.6) is 23.0 Å². The van der Waals surface area contributed by atoms with Gasteiger partial charge in [-0.2, -0.15) is 0 Å². The van der Waals surface area contributed by atoms with Gasteiger partial charge in [0, 0.05) is 71.7 Å². The number of fused-ring (bicyclic) bond motifs is 8. The van der Waals surface area contributed by atoms with Crippen LogP contribution in [0.1, 0.15) is 89.2 Å². The van der Waals surface area contributed by atoms with E-state index in [1.54, 1.807) is 0 Å². The SMILES string of the molecule is CCOCCOc1c2cccc1Cc1cccc(c1OCCOCC)Cc1cc(CN(C)Cc3cccc(CN(C)C)n3)cc(c1OCCOCC)Cc1cccc(c1OCCOCC)C2. The van der Waals surface area contributed by atoms with Gasteiger partial charge in [-0.15, -0.1) is 0 Å². The van der Waals surface area contributed by atoms with E-state index in [-0.39, 0.29) is 0 Å². The Morgan fingerprint density at radius 2 is 0.712 bits per heavy atom. The van der Waals surface area contributed by atoms with Gasteiger partial charge in [-0.05, 0) is 111 Å². The zero-order chi connectivity index (χ0) is 46.5. The molecule has 0 amide bonds. The van der Waals surface area contributed by atoms with E-state index in [0.717, 1.165) is 85.4 Å². The van der Waals surface area contributed by atoms with Crippen molar-refractivity contribution in [2.75, 3.05) is 100 Å². The topological polar surface area (TPSA) is 93.2 Å². The summed E-state index contributed by atoms with van der Waals surface area (Å²) >= 11 is 0. The molecule has 66 heavy (non-hydrogen) atoms. The van der Waals surface area contributed by atoms with E-state index in [0.29, 0.717) is 118 Å². The van der Waals surface area contributed by atoms with Crippen LogP contribution in [0, 0.1) is 0 Å². The van der Waals surface area contributed by atoms with Crippen LogP contribution in [-0.4, -0.2) is 115 Å². The van der Waals surface area contributed by atoms with E-state index in [2.05, 4.69) is 116 Å². The molecule has 0 saturated carbocycles. The maximum atomic E-state index is 6.87. The fourth-order valence-electron chi connectivity index (χ4n) is 8.55. The third-order valence-corrected chi connectivity index (χ3v) is 11.3. The summed E-state index contributed by atoms with van der Waals surface area (Å²) in [6.45, 7) is 16.4. The average molecular weight is 904 g/mol. The molecule has 356 valence electrons. The number of benzene rings is 4. The Kier molecular flexibility index (Phi) is 20.6. The predicted octanol–water partition coefficient (Wildman–Crippen LogP) is 9.11. The van der Waals surface area contributed by atoms with Gasteiger partial charge in [0.05, 0.1) is 37.8 Å². The largest absolute Gasteiger partial charge is 0.491 e. The molecule has 0 aliphatic heterocycles. The van der Waals surface area contributed by atoms with Crippen molar-refractivity contribution in [1.82, 2.24) is 14.8 Å². The van der Waals surface area contributed by atoms with Crippen molar-refractivity contribution in [3.63, 3.8) is 0 Å². The molecule has 0 radical (unpaired) electrons. The Hall–Kier alpha value is -5.01. The summed E-state index contributed by atoms with van der Waals surface area (Å²) in [4.78, 5) is 9.48. The third-order valence-electron chi connectivity index (χ3n) is 11.3. The highest BCUT2D eigenvalue weighted by molar-refractivity contribution is 5.56. The first-order valence-corrected chi connectivity index (χ1v) is 23.9. The van der Waals surface area contributed by atoms with Crippen LogP contribution in [0.15, 0.2) is 84.9 Å². The van der Waals surface area contributed by atoms with Gasteiger partial charge in [0.15, 0.2) is 0 Å². The molecule has 0 fully saturated rings. The number of nitrogens with zero attached hydrogens (tertiary/aromatic N) is 3. The van der Waals surface area contributed by atoms with Crippen molar-refractivity contribution >= 4 is 0 Å². The smallest absolute Gasteiger partial charge is 0.126 e.